The summed E-state index contributed by atoms with van der Waals surface area (Å²) in [6.45, 7) is 4.05. The first kappa shape index (κ1) is 13.4. The molecule has 90 valence electrons. The summed E-state index contributed by atoms with van der Waals surface area (Å²) in [5.41, 5.74) is 7.10. The van der Waals surface area contributed by atoms with E-state index in [1.807, 2.05) is 13.8 Å². The molecule has 5 heteroatoms. The standard InChI is InChI=1S/C11H16Cl2N2O/c1-6(5-16)7(2)15-11-4-9(13)8(12)3-10(11)14/h3-4,6-7,15-16H,5,14H2,1-2H3. The van der Waals surface area contributed by atoms with Crippen molar-refractivity contribution in [3.05, 3.63) is 22.2 Å². The van der Waals surface area contributed by atoms with Crippen molar-refractivity contribution in [2.24, 2.45) is 5.92 Å². The zero-order chi connectivity index (χ0) is 12.3. The van der Waals surface area contributed by atoms with Crippen molar-refractivity contribution in [3.63, 3.8) is 0 Å². The summed E-state index contributed by atoms with van der Waals surface area (Å²) < 4.78 is 0. The average molecular weight is 263 g/mol. The zero-order valence-electron chi connectivity index (χ0n) is 9.30. The van der Waals surface area contributed by atoms with Crippen LogP contribution in [0.15, 0.2) is 12.1 Å². The van der Waals surface area contributed by atoms with Crippen LogP contribution < -0.4 is 11.1 Å². The molecule has 0 spiro atoms. The Morgan fingerprint density at radius 2 is 1.88 bits per heavy atom. The van der Waals surface area contributed by atoms with E-state index in [0.717, 1.165) is 5.69 Å². The van der Waals surface area contributed by atoms with Crippen LogP contribution in [0.5, 0.6) is 0 Å². The SMILES string of the molecule is CC(CO)C(C)Nc1cc(Cl)c(Cl)cc1N. The van der Waals surface area contributed by atoms with Crippen LogP contribution in [0.1, 0.15) is 13.8 Å². The van der Waals surface area contributed by atoms with Crippen LogP contribution in [0.2, 0.25) is 10.0 Å². The Morgan fingerprint density at radius 1 is 1.31 bits per heavy atom. The predicted octanol–water partition coefficient (Wildman–Crippen LogP) is 3.00. The highest BCUT2D eigenvalue weighted by Gasteiger charge is 2.13. The van der Waals surface area contributed by atoms with Gasteiger partial charge in [0.1, 0.15) is 0 Å². The van der Waals surface area contributed by atoms with Gasteiger partial charge in [-0.05, 0) is 25.0 Å². The van der Waals surface area contributed by atoms with Crippen molar-refractivity contribution in [1.82, 2.24) is 0 Å². The molecule has 3 nitrogen and oxygen atoms in total. The van der Waals surface area contributed by atoms with E-state index in [4.69, 9.17) is 34.0 Å². The number of nitrogens with two attached hydrogens (primary N) is 1. The highest BCUT2D eigenvalue weighted by Crippen LogP contribution is 2.31. The molecule has 0 amide bonds. The van der Waals surface area contributed by atoms with Gasteiger partial charge < -0.3 is 16.2 Å². The van der Waals surface area contributed by atoms with Gasteiger partial charge in [-0.2, -0.15) is 0 Å². The summed E-state index contributed by atoms with van der Waals surface area (Å²) in [6.07, 6.45) is 0. The Balaban J connectivity index is 2.85. The van der Waals surface area contributed by atoms with E-state index < -0.39 is 0 Å². The number of nitrogens with one attached hydrogen (secondary N) is 1. The van der Waals surface area contributed by atoms with Crippen LogP contribution in [-0.4, -0.2) is 17.8 Å². The highest BCUT2D eigenvalue weighted by atomic mass is 35.5. The van der Waals surface area contributed by atoms with E-state index in [1.54, 1.807) is 12.1 Å². The van der Waals surface area contributed by atoms with Gasteiger partial charge in [0.05, 0.1) is 21.4 Å². The second-order valence-corrected chi connectivity index (χ2v) is 4.76. The summed E-state index contributed by atoms with van der Waals surface area (Å²) in [7, 11) is 0. The Bertz CT molecular complexity index is 371. The molecule has 0 saturated heterocycles. The number of nitrogen functional groups attached to an aromatic ring is 1. The van der Waals surface area contributed by atoms with Crippen molar-refractivity contribution >= 4 is 34.6 Å². The third-order valence-electron chi connectivity index (χ3n) is 2.62. The third-order valence-corrected chi connectivity index (χ3v) is 3.34. The normalized spacial score (nSPS) is 14.6. The molecule has 0 aromatic heterocycles. The molecular formula is C11H16Cl2N2O. The van der Waals surface area contributed by atoms with E-state index in [2.05, 4.69) is 5.32 Å². The third kappa shape index (κ3) is 3.17. The van der Waals surface area contributed by atoms with Crippen molar-refractivity contribution < 1.29 is 5.11 Å². The lowest BCUT2D eigenvalue weighted by Gasteiger charge is -2.21. The fraction of sp³-hybridized carbons (Fsp3) is 0.455. The molecule has 2 unspecified atom stereocenters. The number of rotatable bonds is 4. The minimum atomic E-state index is 0.101. The Hall–Kier alpha value is -0.640. The van der Waals surface area contributed by atoms with Gasteiger partial charge in [-0.25, -0.2) is 0 Å². The molecule has 0 radical (unpaired) electrons. The van der Waals surface area contributed by atoms with Gasteiger partial charge in [0.25, 0.3) is 0 Å². The second-order valence-electron chi connectivity index (χ2n) is 3.95. The maximum atomic E-state index is 9.03. The summed E-state index contributed by atoms with van der Waals surface area (Å²) in [6, 6.07) is 3.41. The monoisotopic (exact) mass is 262 g/mol. The number of anilines is 2. The number of hydrogen-bond donors (Lipinski definition) is 3. The van der Waals surface area contributed by atoms with Gasteiger partial charge in [-0.1, -0.05) is 30.1 Å². The van der Waals surface area contributed by atoms with Gasteiger partial charge >= 0.3 is 0 Å². The van der Waals surface area contributed by atoms with E-state index in [9.17, 15) is 0 Å². The van der Waals surface area contributed by atoms with Crippen LogP contribution in [-0.2, 0) is 0 Å². The summed E-state index contributed by atoms with van der Waals surface area (Å²) >= 11 is 11.7. The molecule has 1 aromatic carbocycles. The minimum Gasteiger partial charge on any atom is -0.397 e. The average Bonchev–Trinajstić information content (AvgIpc) is 2.24. The van der Waals surface area contributed by atoms with Crippen molar-refractivity contribution in [3.8, 4) is 0 Å². The first-order valence-corrected chi connectivity index (χ1v) is 5.83. The first-order chi connectivity index (χ1) is 7.45. The molecule has 0 aliphatic rings. The smallest absolute Gasteiger partial charge is 0.0614 e. The van der Waals surface area contributed by atoms with Crippen molar-refractivity contribution in [2.75, 3.05) is 17.7 Å². The van der Waals surface area contributed by atoms with Crippen molar-refractivity contribution in [1.29, 1.82) is 0 Å². The van der Waals surface area contributed by atoms with E-state index in [-0.39, 0.29) is 18.6 Å². The minimum absolute atomic E-state index is 0.101. The fourth-order valence-electron chi connectivity index (χ4n) is 1.23. The Labute approximate surface area is 106 Å². The number of halogens is 2. The number of aliphatic hydroxyl groups excluding tert-OH is 1. The van der Waals surface area contributed by atoms with E-state index >= 15 is 0 Å². The molecule has 0 bridgehead atoms. The Morgan fingerprint density at radius 3 is 2.44 bits per heavy atom. The van der Waals surface area contributed by atoms with Crippen LogP contribution in [0.4, 0.5) is 11.4 Å². The number of benzene rings is 1. The molecule has 0 heterocycles. The van der Waals surface area contributed by atoms with Gasteiger partial charge in [0.15, 0.2) is 0 Å². The molecule has 4 N–H and O–H groups in total. The molecule has 16 heavy (non-hydrogen) atoms. The van der Waals surface area contributed by atoms with Crippen LogP contribution in [0, 0.1) is 5.92 Å². The molecule has 0 fully saturated rings. The largest absolute Gasteiger partial charge is 0.397 e. The first-order valence-electron chi connectivity index (χ1n) is 5.07. The van der Waals surface area contributed by atoms with Crippen LogP contribution in [0.3, 0.4) is 0 Å². The topological polar surface area (TPSA) is 58.3 Å². The number of aliphatic hydroxyl groups is 1. The molecule has 1 aromatic rings. The fourth-order valence-corrected chi connectivity index (χ4v) is 1.57. The second kappa shape index (κ2) is 5.62. The maximum Gasteiger partial charge on any atom is 0.0614 e. The lowest BCUT2D eigenvalue weighted by molar-refractivity contribution is 0.226. The molecule has 0 aliphatic heterocycles. The summed E-state index contributed by atoms with van der Waals surface area (Å²) in [5.74, 6) is 0.133. The molecule has 0 aliphatic carbocycles. The molecular weight excluding hydrogens is 247 g/mol. The lowest BCUT2D eigenvalue weighted by Crippen LogP contribution is -2.26. The predicted molar refractivity (Wildman–Crippen MR) is 70.2 cm³/mol. The maximum absolute atomic E-state index is 9.03. The van der Waals surface area contributed by atoms with Crippen LogP contribution >= 0.6 is 23.2 Å². The molecule has 2 atom stereocenters. The lowest BCUT2D eigenvalue weighted by atomic mass is 10.0. The summed E-state index contributed by atoms with van der Waals surface area (Å²) in [5, 5.41) is 13.1. The molecule has 1 rings (SSSR count). The van der Waals surface area contributed by atoms with E-state index in [1.165, 1.54) is 0 Å². The Kier molecular flexibility index (Phi) is 4.71. The van der Waals surface area contributed by atoms with E-state index in [0.29, 0.717) is 15.7 Å². The summed E-state index contributed by atoms with van der Waals surface area (Å²) in [4.78, 5) is 0. The quantitative estimate of drug-likeness (QED) is 0.732. The molecule has 0 saturated carbocycles. The van der Waals surface area contributed by atoms with Gasteiger partial charge in [0, 0.05) is 12.6 Å². The highest BCUT2D eigenvalue weighted by molar-refractivity contribution is 6.42. The number of hydrogen-bond acceptors (Lipinski definition) is 3. The zero-order valence-corrected chi connectivity index (χ0v) is 10.8. The van der Waals surface area contributed by atoms with Crippen molar-refractivity contribution in [2.45, 2.75) is 19.9 Å². The van der Waals surface area contributed by atoms with Gasteiger partial charge in [-0.15, -0.1) is 0 Å². The van der Waals surface area contributed by atoms with Gasteiger partial charge in [-0.3, -0.25) is 0 Å². The van der Waals surface area contributed by atoms with Gasteiger partial charge in [0.2, 0.25) is 0 Å². The van der Waals surface area contributed by atoms with Crippen LogP contribution in [0.25, 0.3) is 0 Å².